The van der Waals surface area contributed by atoms with E-state index in [0.29, 0.717) is 29.7 Å². The highest BCUT2D eigenvalue weighted by molar-refractivity contribution is 6.29. The molecule has 106 valence electrons. The summed E-state index contributed by atoms with van der Waals surface area (Å²) in [6.07, 6.45) is 0. The molecule has 2 rings (SSSR count). The lowest BCUT2D eigenvalue weighted by Gasteiger charge is -2.43. The van der Waals surface area contributed by atoms with Crippen LogP contribution in [0.15, 0.2) is 6.07 Å². The summed E-state index contributed by atoms with van der Waals surface area (Å²) in [5.41, 5.74) is 0. The maximum atomic E-state index is 6.06. The summed E-state index contributed by atoms with van der Waals surface area (Å²) >= 11 is 6.06. The molecule has 1 saturated heterocycles. The van der Waals surface area contributed by atoms with Crippen LogP contribution in [0.25, 0.3) is 0 Å². The number of rotatable bonds is 3. The zero-order valence-corrected chi connectivity index (χ0v) is 12.7. The third kappa shape index (κ3) is 3.35. The quantitative estimate of drug-likeness (QED) is 0.792. The summed E-state index contributed by atoms with van der Waals surface area (Å²) in [5.74, 6) is 1.52. The molecule has 1 aromatic heterocycles. The Morgan fingerprint density at radius 2 is 1.95 bits per heavy atom. The third-order valence-corrected chi connectivity index (χ3v) is 3.88. The van der Waals surface area contributed by atoms with E-state index in [1.807, 2.05) is 6.07 Å². The van der Waals surface area contributed by atoms with Gasteiger partial charge in [-0.05, 0) is 20.9 Å². The van der Waals surface area contributed by atoms with Crippen LogP contribution >= 0.6 is 11.6 Å². The Balaban J connectivity index is 2.21. The summed E-state index contributed by atoms with van der Waals surface area (Å²) in [6, 6.07) is 2.80. The first-order chi connectivity index (χ1) is 9.01. The predicted octanol–water partition coefficient (Wildman–Crippen LogP) is 1.81. The average Bonchev–Trinajstić information content (AvgIpc) is 2.35. The summed E-state index contributed by atoms with van der Waals surface area (Å²) in [4.78, 5) is 13.3. The molecule has 5 nitrogen and oxygen atoms in total. The summed E-state index contributed by atoms with van der Waals surface area (Å²) in [5, 5.41) is 0.469. The van der Waals surface area contributed by atoms with Crippen molar-refractivity contribution in [3.8, 4) is 0 Å². The molecule has 6 heteroatoms. The Kier molecular flexibility index (Phi) is 4.60. The second-order valence-corrected chi connectivity index (χ2v) is 5.55. The normalized spacial score (nSPS) is 24.8. The molecule has 0 aliphatic carbocycles. The second kappa shape index (κ2) is 6.03. The van der Waals surface area contributed by atoms with Crippen LogP contribution in [-0.4, -0.2) is 54.2 Å². The van der Waals surface area contributed by atoms with Gasteiger partial charge < -0.3 is 9.64 Å². The predicted molar refractivity (Wildman–Crippen MR) is 76.7 cm³/mol. The Hall–Kier alpha value is -0.910. The van der Waals surface area contributed by atoms with Crippen LogP contribution in [-0.2, 0) is 11.3 Å². The minimum Gasteiger partial charge on any atom is -0.377 e. The van der Waals surface area contributed by atoms with Crippen LogP contribution in [0.2, 0.25) is 5.15 Å². The molecule has 1 aliphatic heterocycles. The van der Waals surface area contributed by atoms with Crippen LogP contribution in [0.4, 0.5) is 5.82 Å². The number of halogens is 1. The molecule has 0 N–H and O–H groups in total. The fourth-order valence-corrected chi connectivity index (χ4v) is 2.59. The highest BCUT2D eigenvalue weighted by Crippen LogP contribution is 2.22. The standard InChI is InChI=1S/C13H21ClN4O/c1-9-6-18(7-10(2)17(9)3)13-5-11(14)15-12(16-13)8-19-4/h5,9-10H,6-8H2,1-4H3. The summed E-state index contributed by atoms with van der Waals surface area (Å²) in [7, 11) is 3.79. The van der Waals surface area contributed by atoms with Crippen LogP contribution in [0.5, 0.6) is 0 Å². The molecule has 0 radical (unpaired) electrons. The topological polar surface area (TPSA) is 41.5 Å². The lowest BCUT2D eigenvalue weighted by atomic mass is 10.1. The molecule has 2 atom stereocenters. The Labute approximate surface area is 119 Å². The average molecular weight is 285 g/mol. The van der Waals surface area contributed by atoms with Gasteiger partial charge in [-0.1, -0.05) is 11.6 Å². The number of anilines is 1. The zero-order valence-electron chi connectivity index (χ0n) is 11.9. The van der Waals surface area contributed by atoms with Crippen molar-refractivity contribution in [3.05, 3.63) is 17.0 Å². The zero-order chi connectivity index (χ0) is 14.0. The van der Waals surface area contributed by atoms with Gasteiger partial charge in [0, 0.05) is 38.3 Å². The Bertz CT molecular complexity index is 431. The number of methoxy groups -OCH3 is 1. The van der Waals surface area contributed by atoms with Gasteiger partial charge >= 0.3 is 0 Å². The van der Waals surface area contributed by atoms with Crippen molar-refractivity contribution in [1.29, 1.82) is 0 Å². The van der Waals surface area contributed by atoms with Gasteiger partial charge in [-0.3, -0.25) is 4.90 Å². The van der Waals surface area contributed by atoms with Gasteiger partial charge in [-0.15, -0.1) is 0 Å². The van der Waals surface area contributed by atoms with Crippen molar-refractivity contribution < 1.29 is 4.74 Å². The van der Waals surface area contributed by atoms with E-state index in [4.69, 9.17) is 16.3 Å². The summed E-state index contributed by atoms with van der Waals surface area (Å²) < 4.78 is 5.07. The fraction of sp³-hybridized carbons (Fsp3) is 0.692. The van der Waals surface area contributed by atoms with Crippen molar-refractivity contribution in [3.63, 3.8) is 0 Å². The first-order valence-corrected chi connectivity index (χ1v) is 6.88. The molecule has 2 heterocycles. The van der Waals surface area contributed by atoms with Gasteiger partial charge in [0.25, 0.3) is 0 Å². The number of hydrogen-bond acceptors (Lipinski definition) is 5. The lowest BCUT2D eigenvalue weighted by Crippen LogP contribution is -2.55. The maximum absolute atomic E-state index is 6.06. The van der Waals surface area contributed by atoms with E-state index in [9.17, 15) is 0 Å². The van der Waals surface area contributed by atoms with Crippen molar-refractivity contribution in [1.82, 2.24) is 14.9 Å². The van der Waals surface area contributed by atoms with Crippen molar-refractivity contribution in [2.75, 3.05) is 32.1 Å². The van der Waals surface area contributed by atoms with E-state index in [2.05, 4.69) is 40.7 Å². The largest absolute Gasteiger partial charge is 0.377 e. The van der Waals surface area contributed by atoms with E-state index >= 15 is 0 Å². The van der Waals surface area contributed by atoms with Gasteiger partial charge in [-0.25, -0.2) is 9.97 Å². The Morgan fingerprint density at radius 1 is 1.32 bits per heavy atom. The SMILES string of the molecule is COCc1nc(Cl)cc(N2CC(C)N(C)C(C)C2)n1. The van der Waals surface area contributed by atoms with Crippen LogP contribution in [0, 0.1) is 0 Å². The smallest absolute Gasteiger partial charge is 0.158 e. The van der Waals surface area contributed by atoms with E-state index in [0.717, 1.165) is 18.9 Å². The lowest BCUT2D eigenvalue weighted by molar-refractivity contribution is 0.168. The molecule has 0 spiro atoms. The first kappa shape index (κ1) is 14.5. The maximum Gasteiger partial charge on any atom is 0.158 e. The third-order valence-electron chi connectivity index (χ3n) is 3.68. The minimum atomic E-state index is 0.381. The van der Waals surface area contributed by atoms with Gasteiger partial charge in [0.1, 0.15) is 17.6 Å². The molecule has 0 bridgehead atoms. The van der Waals surface area contributed by atoms with Crippen molar-refractivity contribution in [2.24, 2.45) is 0 Å². The number of nitrogens with zero attached hydrogens (tertiary/aromatic N) is 4. The molecule has 1 fully saturated rings. The number of hydrogen-bond donors (Lipinski definition) is 0. The molecule has 2 unspecified atom stereocenters. The van der Waals surface area contributed by atoms with Gasteiger partial charge in [0.05, 0.1) is 0 Å². The first-order valence-electron chi connectivity index (χ1n) is 6.50. The number of likely N-dealkylation sites (N-methyl/N-ethyl adjacent to an activating group) is 1. The van der Waals surface area contributed by atoms with E-state index in [1.165, 1.54) is 0 Å². The molecular formula is C13H21ClN4O. The Morgan fingerprint density at radius 3 is 2.53 bits per heavy atom. The second-order valence-electron chi connectivity index (χ2n) is 5.17. The van der Waals surface area contributed by atoms with E-state index in [1.54, 1.807) is 7.11 Å². The fourth-order valence-electron chi connectivity index (χ4n) is 2.40. The van der Waals surface area contributed by atoms with E-state index in [-0.39, 0.29) is 0 Å². The van der Waals surface area contributed by atoms with Gasteiger partial charge in [-0.2, -0.15) is 0 Å². The van der Waals surface area contributed by atoms with Crippen LogP contribution in [0.3, 0.4) is 0 Å². The molecule has 0 amide bonds. The number of piperazine rings is 1. The minimum absolute atomic E-state index is 0.381. The molecule has 0 aromatic carbocycles. The highest BCUT2D eigenvalue weighted by Gasteiger charge is 2.27. The van der Waals surface area contributed by atoms with Gasteiger partial charge in [0.2, 0.25) is 0 Å². The van der Waals surface area contributed by atoms with Crippen LogP contribution in [0.1, 0.15) is 19.7 Å². The highest BCUT2D eigenvalue weighted by atomic mass is 35.5. The van der Waals surface area contributed by atoms with Crippen molar-refractivity contribution in [2.45, 2.75) is 32.5 Å². The molecule has 0 saturated carbocycles. The van der Waals surface area contributed by atoms with Crippen LogP contribution < -0.4 is 4.90 Å². The molecule has 1 aliphatic rings. The van der Waals surface area contributed by atoms with E-state index < -0.39 is 0 Å². The molecule has 1 aromatic rings. The number of ether oxygens (including phenoxy) is 1. The monoisotopic (exact) mass is 284 g/mol. The van der Waals surface area contributed by atoms with Crippen molar-refractivity contribution >= 4 is 17.4 Å². The molecular weight excluding hydrogens is 264 g/mol. The molecule has 19 heavy (non-hydrogen) atoms. The summed E-state index contributed by atoms with van der Waals surface area (Å²) in [6.45, 7) is 6.72. The van der Waals surface area contributed by atoms with Gasteiger partial charge in [0.15, 0.2) is 5.82 Å². The number of aromatic nitrogens is 2.